The Balaban J connectivity index is 2.15. The molecule has 0 bridgehead atoms. The molecule has 0 aliphatic rings. The molecule has 0 radical (unpaired) electrons. The highest BCUT2D eigenvalue weighted by Gasteiger charge is 2.15. The summed E-state index contributed by atoms with van der Waals surface area (Å²) in [7, 11) is 1.90. The van der Waals surface area contributed by atoms with Crippen molar-refractivity contribution in [3.63, 3.8) is 0 Å². The molecule has 16 heavy (non-hydrogen) atoms. The average molecular weight is 257 g/mol. The van der Waals surface area contributed by atoms with Crippen LogP contribution in [0.25, 0.3) is 0 Å². The summed E-state index contributed by atoms with van der Waals surface area (Å²) in [5.41, 5.74) is 3.93. The van der Waals surface area contributed by atoms with E-state index in [0.29, 0.717) is 0 Å². The van der Waals surface area contributed by atoms with E-state index >= 15 is 0 Å². The van der Waals surface area contributed by atoms with Crippen LogP contribution in [0.15, 0.2) is 23.8 Å². The smallest absolute Gasteiger partial charge is 0.0609 e. The molecule has 0 aromatic carbocycles. The highest BCUT2D eigenvalue weighted by molar-refractivity contribution is 7.10. The summed E-state index contributed by atoms with van der Waals surface area (Å²) in [6.45, 7) is 0. The first-order chi connectivity index (χ1) is 7.70. The molecule has 86 valence electrons. The van der Waals surface area contributed by atoms with Crippen LogP contribution in [0.4, 0.5) is 0 Å². The quantitative estimate of drug-likeness (QED) is 0.649. The molecule has 2 aromatic rings. The molecule has 1 atom stereocenters. The second kappa shape index (κ2) is 4.97. The summed E-state index contributed by atoms with van der Waals surface area (Å²) >= 11 is 7.69. The van der Waals surface area contributed by atoms with Gasteiger partial charge in [0.1, 0.15) is 0 Å². The van der Waals surface area contributed by atoms with Crippen molar-refractivity contribution in [3.05, 3.63) is 39.3 Å². The minimum Gasteiger partial charge on any atom is -0.276 e. The minimum atomic E-state index is 0.0386. The third kappa shape index (κ3) is 2.44. The van der Waals surface area contributed by atoms with Crippen LogP contribution in [-0.4, -0.2) is 9.78 Å². The first kappa shape index (κ1) is 11.6. The van der Waals surface area contributed by atoms with E-state index in [-0.39, 0.29) is 6.04 Å². The number of rotatable bonds is 4. The van der Waals surface area contributed by atoms with Crippen molar-refractivity contribution < 1.29 is 0 Å². The zero-order chi connectivity index (χ0) is 11.5. The number of nitrogens with one attached hydrogen (secondary N) is 1. The van der Waals surface area contributed by atoms with Gasteiger partial charge in [-0.1, -0.05) is 11.6 Å². The fraction of sp³-hybridized carbons (Fsp3) is 0.300. The number of halogens is 1. The molecule has 6 heteroatoms. The SMILES string of the molecule is Cn1cc(CC(NN)c2sccc2Cl)cn1. The standard InChI is InChI=1S/C10H13ClN4S/c1-15-6-7(5-13-15)4-9(14-12)10-8(11)2-3-16-10/h2-3,5-6,9,14H,4,12H2,1H3. The van der Waals surface area contributed by atoms with Crippen LogP contribution >= 0.6 is 22.9 Å². The van der Waals surface area contributed by atoms with Crippen molar-refractivity contribution in [2.24, 2.45) is 12.9 Å². The van der Waals surface area contributed by atoms with E-state index in [1.807, 2.05) is 30.9 Å². The molecule has 0 fully saturated rings. The predicted molar refractivity (Wildman–Crippen MR) is 66.3 cm³/mol. The largest absolute Gasteiger partial charge is 0.276 e. The summed E-state index contributed by atoms with van der Waals surface area (Å²) < 4.78 is 1.78. The zero-order valence-corrected chi connectivity index (χ0v) is 10.4. The van der Waals surface area contributed by atoms with Gasteiger partial charge < -0.3 is 0 Å². The summed E-state index contributed by atoms with van der Waals surface area (Å²) in [4.78, 5) is 1.06. The Hall–Kier alpha value is -0.880. The fourth-order valence-electron chi connectivity index (χ4n) is 1.59. The summed E-state index contributed by atoms with van der Waals surface area (Å²) in [5.74, 6) is 5.56. The lowest BCUT2D eigenvalue weighted by atomic mass is 10.1. The van der Waals surface area contributed by atoms with Gasteiger partial charge in [0, 0.05) is 18.1 Å². The van der Waals surface area contributed by atoms with Gasteiger partial charge >= 0.3 is 0 Å². The van der Waals surface area contributed by atoms with Gasteiger partial charge in [-0.3, -0.25) is 16.0 Å². The first-order valence-corrected chi connectivity index (χ1v) is 6.13. The van der Waals surface area contributed by atoms with E-state index in [2.05, 4.69) is 10.5 Å². The zero-order valence-electron chi connectivity index (χ0n) is 8.85. The molecule has 2 rings (SSSR count). The van der Waals surface area contributed by atoms with Crippen LogP contribution in [-0.2, 0) is 13.5 Å². The van der Waals surface area contributed by atoms with E-state index in [0.717, 1.165) is 21.9 Å². The van der Waals surface area contributed by atoms with Gasteiger partial charge in [0.2, 0.25) is 0 Å². The van der Waals surface area contributed by atoms with Crippen molar-refractivity contribution in [2.75, 3.05) is 0 Å². The Morgan fingerprint density at radius 1 is 1.69 bits per heavy atom. The fourth-order valence-corrected chi connectivity index (χ4v) is 2.84. The number of thiophene rings is 1. The van der Waals surface area contributed by atoms with E-state index in [9.17, 15) is 0 Å². The van der Waals surface area contributed by atoms with Crippen LogP contribution in [0.1, 0.15) is 16.5 Å². The number of aryl methyl sites for hydroxylation is 1. The van der Waals surface area contributed by atoms with E-state index in [1.54, 1.807) is 16.0 Å². The number of nitrogens with two attached hydrogens (primary N) is 1. The van der Waals surface area contributed by atoms with E-state index < -0.39 is 0 Å². The highest BCUT2D eigenvalue weighted by Crippen LogP contribution is 2.30. The maximum absolute atomic E-state index is 6.08. The van der Waals surface area contributed by atoms with Gasteiger partial charge in [0.25, 0.3) is 0 Å². The second-order valence-electron chi connectivity index (χ2n) is 3.58. The molecule has 0 amide bonds. The van der Waals surface area contributed by atoms with Crippen molar-refractivity contribution in [1.82, 2.24) is 15.2 Å². The molecule has 1 unspecified atom stereocenters. The molecular weight excluding hydrogens is 244 g/mol. The maximum Gasteiger partial charge on any atom is 0.0609 e. The molecule has 0 spiro atoms. The number of hydrogen-bond acceptors (Lipinski definition) is 4. The van der Waals surface area contributed by atoms with E-state index in [4.69, 9.17) is 17.4 Å². The summed E-state index contributed by atoms with van der Waals surface area (Å²) in [5, 5.41) is 6.85. The van der Waals surface area contributed by atoms with Gasteiger partial charge in [0.05, 0.1) is 17.3 Å². The molecule has 2 aromatic heterocycles. The lowest BCUT2D eigenvalue weighted by Crippen LogP contribution is -2.29. The lowest BCUT2D eigenvalue weighted by molar-refractivity contribution is 0.560. The Bertz CT molecular complexity index is 465. The lowest BCUT2D eigenvalue weighted by Gasteiger charge is -2.13. The van der Waals surface area contributed by atoms with E-state index in [1.165, 1.54) is 0 Å². The number of hydrazine groups is 1. The second-order valence-corrected chi connectivity index (χ2v) is 4.93. The molecule has 0 saturated heterocycles. The van der Waals surface area contributed by atoms with Gasteiger partial charge in [0.15, 0.2) is 0 Å². The van der Waals surface area contributed by atoms with Crippen LogP contribution in [0.5, 0.6) is 0 Å². The molecule has 0 saturated carbocycles. The predicted octanol–water partition coefficient (Wildman–Crippen LogP) is 1.88. The average Bonchev–Trinajstić information content (AvgIpc) is 2.84. The van der Waals surface area contributed by atoms with Crippen LogP contribution in [0, 0.1) is 0 Å². The molecular formula is C10H13ClN4S. The third-order valence-corrected chi connectivity index (χ3v) is 3.83. The Labute approximate surface area is 103 Å². The van der Waals surface area contributed by atoms with Crippen molar-refractivity contribution in [2.45, 2.75) is 12.5 Å². The Morgan fingerprint density at radius 2 is 2.50 bits per heavy atom. The van der Waals surface area contributed by atoms with Gasteiger partial charge in [-0.05, 0) is 23.4 Å². The summed E-state index contributed by atoms with van der Waals surface area (Å²) in [6, 6.07) is 1.92. The summed E-state index contributed by atoms with van der Waals surface area (Å²) in [6.07, 6.45) is 4.60. The molecule has 3 N–H and O–H groups in total. The normalized spacial score (nSPS) is 12.9. The van der Waals surface area contributed by atoms with Crippen LogP contribution in [0.3, 0.4) is 0 Å². The van der Waals surface area contributed by atoms with Crippen LogP contribution in [0.2, 0.25) is 5.02 Å². The highest BCUT2D eigenvalue weighted by atomic mass is 35.5. The first-order valence-electron chi connectivity index (χ1n) is 4.87. The minimum absolute atomic E-state index is 0.0386. The third-order valence-electron chi connectivity index (χ3n) is 2.36. The van der Waals surface area contributed by atoms with Gasteiger partial charge in [-0.25, -0.2) is 0 Å². The number of hydrogen-bond donors (Lipinski definition) is 2. The maximum atomic E-state index is 6.08. The Morgan fingerprint density at radius 3 is 3.00 bits per heavy atom. The van der Waals surface area contributed by atoms with Crippen molar-refractivity contribution >= 4 is 22.9 Å². The van der Waals surface area contributed by atoms with Crippen molar-refractivity contribution in [1.29, 1.82) is 0 Å². The number of aromatic nitrogens is 2. The number of nitrogens with zero attached hydrogens (tertiary/aromatic N) is 2. The van der Waals surface area contributed by atoms with Crippen molar-refractivity contribution in [3.8, 4) is 0 Å². The molecule has 0 aliphatic heterocycles. The monoisotopic (exact) mass is 256 g/mol. The topological polar surface area (TPSA) is 55.9 Å². The molecule has 2 heterocycles. The molecule has 0 aliphatic carbocycles. The Kier molecular flexibility index (Phi) is 3.60. The molecule has 4 nitrogen and oxygen atoms in total. The van der Waals surface area contributed by atoms with Crippen LogP contribution < -0.4 is 11.3 Å². The van der Waals surface area contributed by atoms with Gasteiger partial charge in [-0.15, -0.1) is 11.3 Å². The van der Waals surface area contributed by atoms with Gasteiger partial charge in [-0.2, -0.15) is 5.10 Å².